The summed E-state index contributed by atoms with van der Waals surface area (Å²) >= 11 is 5.77. The molecule has 7 heteroatoms. The second-order valence-corrected chi connectivity index (χ2v) is 6.40. The maximum absolute atomic E-state index is 11.8. The molecule has 0 spiro atoms. The fourth-order valence-electron chi connectivity index (χ4n) is 2.10. The van der Waals surface area contributed by atoms with E-state index in [1.54, 1.807) is 6.07 Å². The van der Waals surface area contributed by atoms with Crippen LogP contribution in [-0.4, -0.2) is 23.1 Å². The Labute approximate surface area is 156 Å². The molecule has 2 aromatic carbocycles. The van der Waals surface area contributed by atoms with Crippen LogP contribution in [0.5, 0.6) is 5.75 Å². The van der Waals surface area contributed by atoms with Crippen molar-refractivity contribution in [3.05, 3.63) is 64.2 Å². The second kappa shape index (κ2) is 9.01. The van der Waals surface area contributed by atoms with E-state index in [9.17, 15) is 14.7 Å². The fraction of sp³-hybridized carbons (Fsp3) is 0.211. The molecule has 3 N–H and O–H groups in total. The standard InChI is InChI=1S/C19H20ClN3O3/c1-12(2)15-6-3-13(4-7-15)10-21-18(25)19(26)23-22-11-14-5-8-17(24)16(20)9-14/h3-9,11-12,24H,10H2,1-2H3,(H,21,25)(H,23,26)/b22-11-. The van der Waals surface area contributed by atoms with Crippen LogP contribution in [0.3, 0.4) is 0 Å². The molecule has 0 aliphatic carbocycles. The van der Waals surface area contributed by atoms with Crippen LogP contribution in [0.25, 0.3) is 0 Å². The van der Waals surface area contributed by atoms with Crippen molar-refractivity contribution < 1.29 is 14.7 Å². The average molecular weight is 374 g/mol. The number of benzene rings is 2. The molecule has 0 fully saturated rings. The van der Waals surface area contributed by atoms with E-state index in [2.05, 4.69) is 29.7 Å². The van der Waals surface area contributed by atoms with Crippen molar-refractivity contribution in [2.24, 2.45) is 5.10 Å². The number of carbonyl (C=O) groups is 2. The molecule has 0 bridgehead atoms. The van der Waals surface area contributed by atoms with Crippen LogP contribution in [0.15, 0.2) is 47.6 Å². The summed E-state index contributed by atoms with van der Waals surface area (Å²) in [7, 11) is 0. The number of hydrazone groups is 1. The minimum Gasteiger partial charge on any atom is -0.506 e. The summed E-state index contributed by atoms with van der Waals surface area (Å²) < 4.78 is 0. The Morgan fingerprint density at radius 2 is 1.85 bits per heavy atom. The van der Waals surface area contributed by atoms with Gasteiger partial charge in [0.1, 0.15) is 5.75 Å². The number of amides is 2. The molecule has 0 aliphatic heterocycles. The zero-order valence-electron chi connectivity index (χ0n) is 14.5. The first-order valence-corrected chi connectivity index (χ1v) is 8.43. The summed E-state index contributed by atoms with van der Waals surface area (Å²) in [5.74, 6) is -1.26. The van der Waals surface area contributed by atoms with Gasteiger partial charge in [-0.05, 0) is 40.8 Å². The number of carbonyl (C=O) groups excluding carboxylic acids is 2. The highest BCUT2D eigenvalue weighted by Gasteiger charge is 2.12. The molecule has 0 saturated carbocycles. The van der Waals surface area contributed by atoms with Gasteiger partial charge in [-0.2, -0.15) is 5.10 Å². The Morgan fingerprint density at radius 1 is 1.15 bits per heavy atom. The normalized spacial score (nSPS) is 10.9. The van der Waals surface area contributed by atoms with Crippen LogP contribution < -0.4 is 10.7 Å². The molecule has 0 aliphatic rings. The Hall–Kier alpha value is -2.86. The van der Waals surface area contributed by atoms with Gasteiger partial charge in [0.2, 0.25) is 0 Å². The van der Waals surface area contributed by atoms with Crippen molar-refractivity contribution in [3.8, 4) is 5.75 Å². The van der Waals surface area contributed by atoms with Gasteiger partial charge in [0.25, 0.3) is 0 Å². The van der Waals surface area contributed by atoms with E-state index in [0.717, 1.165) is 5.56 Å². The van der Waals surface area contributed by atoms with E-state index in [4.69, 9.17) is 11.6 Å². The lowest BCUT2D eigenvalue weighted by Crippen LogP contribution is -2.37. The van der Waals surface area contributed by atoms with Crippen molar-refractivity contribution in [3.63, 3.8) is 0 Å². The lowest BCUT2D eigenvalue weighted by Gasteiger charge is -2.07. The molecule has 0 heterocycles. The summed E-state index contributed by atoms with van der Waals surface area (Å²) in [5, 5.41) is 15.7. The van der Waals surface area contributed by atoms with Crippen molar-refractivity contribution in [1.29, 1.82) is 0 Å². The second-order valence-electron chi connectivity index (χ2n) is 5.99. The smallest absolute Gasteiger partial charge is 0.329 e. The van der Waals surface area contributed by atoms with Crippen molar-refractivity contribution in [2.45, 2.75) is 26.3 Å². The highest BCUT2D eigenvalue weighted by molar-refractivity contribution is 6.35. The van der Waals surface area contributed by atoms with Gasteiger partial charge in [-0.15, -0.1) is 0 Å². The first kappa shape index (κ1) is 19.5. The molecule has 2 aromatic rings. The quantitative estimate of drug-likeness (QED) is 0.427. The topological polar surface area (TPSA) is 90.8 Å². The predicted octanol–water partition coefficient (Wildman–Crippen LogP) is 2.94. The number of halogens is 1. The first-order chi connectivity index (χ1) is 12.4. The van der Waals surface area contributed by atoms with E-state index in [1.165, 1.54) is 23.9 Å². The Kier molecular flexibility index (Phi) is 6.74. The number of phenols is 1. The molecular weight excluding hydrogens is 354 g/mol. The molecule has 26 heavy (non-hydrogen) atoms. The van der Waals surface area contributed by atoms with Crippen LogP contribution in [0.4, 0.5) is 0 Å². The predicted molar refractivity (Wildman–Crippen MR) is 101 cm³/mol. The molecule has 2 amide bonds. The molecule has 6 nitrogen and oxygen atoms in total. The van der Waals surface area contributed by atoms with Gasteiger partial charge in [-0.25, -0.2) is 5.43 Å². The minimum atomic E-state index is -0.870. The number of phenolic OH excluding ortho intramolecular Hbond substituents is 1. The van der Waals surface area contributed by atoms with Crippen molar-refractivity contribution in [2.75, 3.05) is 0 Å². The summed E-state index contributed by atoms with van der Waals surface area (Å²) in [6, 6.07) is 12.3. The Morgan fingerprint density at radius 3 is 2.46 bits per heavy atom. The van der Waals surface area contributed by atoms with Crippen molar-refractivity contribution >= 4 is 29.6 Å². The summed E-state index contributed by atoms with van der Waals surface area (Å²) in [5.41, 5.74) is 4.82. The third kappa shape index (κ3) is 5.60. The highest BCUT2D eigenvalue weighted by Crippen LogP contribution is 2.22. The van der Waals surface area contributed by atoms with Crippen LogP contribution >= 0.6 is 11.6 Å². The number of hydrogen-bond acceptors (Lipinski definition) is 4. The molecule has 0 saturated heterocycles. The first-order valence-electron chi connectivity index (χ1n) is 8.05. The summed E-state index contributed by atoms with van der Waals surface area (Å²) in [6.45, 7) is 4.46. The van der Waals surface area contributed by atoms with Crippen molar-refractivity contribution in [1.82, 2.24) is 10.7 Å². The molecule has 0 radical (unpaired) electrons. The van der Waals surface area contributed by atoms with Gasteiger partial charge in [-0.1, -0.05) is 49.7 Å². The van der Waals surface area contributed by atoms with Crippen LogP contribution in [0.2, 0.25) is 5.02 Å². The number of rotatable bonds is 5. The maximum Gasteiger partial charge on any atom is 0.329 e. The minimum absolute atomic E-state index is 0.0475. The van der Waals surface area contributed by atoms with Crippen LogP contribution in [-0.2, 0) is 16.1 Å². The van der Waals surface area contributed by atoms with E-state index < -0.39 is 11.8 Å². The maximum atomic E-state index is 11.8. The van der Waals surface area contributed by atoms with E-state index in [-0.39, 0.29) is 17.3 Å². The van der Waals surface area contributed by atoms with Gasteiger partial charge < -0.3 is 10.4 Å². The molecule has 2 rings (SSSR count). The highest BCUT2D eigenvalue weighted by atomic mass is 35.5. The monoisotopic (exact) mass is 373 g/mol. The molecule has 0 aromatic heterocycles. The third-order valence-corrected chi connectivity index (χ3v) is 3.96. The average Bonchev–Trinajstić information content (AvgIpc) is 2.62. The van der Waals surface area contributed by atoms with Crippen LogP contribution in [0.1, 0.15) is 36.5 Å². The zero-order valence-corrected chi connectivity index (χ0v) is 15.2. The van der Waals surface area contributed by atoms with Gasteiger partial charge in [0.05, 0.1) is 11.2 Å². The van der Waals surface area contributed by atoms with Gasteiger partial charge in [0, 0.05) is 6.54 Å². The number of nitrogens with one attached hydrogen (secondary N) is 2. The van der Waals surface area contributed by atoms with E-state index in [0.29, 0.717) is 11.5 Å². The SMILES string of the molecule is CC(C)c1ccc(CNC(=O)C(=O)N/N=C\c2ccc(O)c(Cl)c2)cc1. The molecule has 136 valence electrons. The Balaban J connectivity index is 1.82. The number of hydrogen-bond donors (Lipinski definition) is 3. The molecule has 0 atom stereocenters. The van der Waals surface area contributed by atoms with Gasteiger partial charge in [0.15, 0.2) is 0 Å². The lowest BCUT2D eigenvalue weighted by atomic mass is 10.0. The molecular formula is C19H20ClN3O3. The number of aromatic hydroxyl groups is 1. The summed E-state index contributed by atoms with van der Waals surface area (Å²) in [6.07, 6.45) is 1.32. The zero-order chi connectivity index (χ0) is 19.1. The van der Waals surface area contributed by atoms with Gasteiger partial charge in [-0.3, -0.25) is 9.59 Å². The Bertz CT molecular complexity index is 817. The van der Waals surface area contributed by atoms with E-state index in [1.807, 2.05) is 24.3 Å². The molecule has 0 unspecified atom stereocenters. The number of nitrogens with zero attached hydrogens (tertiary/aromatic N) is 1. The van der Waals surface area contributed by atoms with E-state index >= 15 is 0 Å². The van der Waals surface area contributed by atoms with Gasteiger partial charge >= 0.3 is 11.8 Å². The summed E-state index contributed by atoms with van der Waals surface area (Å²) in [4.78, 5) is 23.5. The largest absolute Gasteiger partial charge is 0.506 e. The fourth-order valence-corrected chi connectivity index (χ4v) is 2.29. The third-order valence-electron chi connectivity index (χ3n) is 3.66. The van der Waals surface area contributed by atoms with Crippen LogP contribution in [0, 0.1) is 0 Å². The lowest BCUT2D eigenvalue weighted by molar-refractivity contribution is -0.139.